The number of hydrogen-bond donors (Lipinski definition) is 2. The molecule has 3 aromatic rings. The number of ether oxygens (including phenoxy) is 1. The molecule has 0 spiro atoms. The van der Waals surface area contributed by atoms with Crippen molar-refractivity contribution in [3.8, 4) is 0 Å². The van der Waals surface area contributed by atoms with E-state index >= 15 is 0 Å². The van der Waals surface area contributed by atoms with Gasteiger partial charge in [-0.2, -0.15) is 5.10 Å². The van der Waals surface area contributed by atoms with Crippen LogP contribution in [0.1, 0.15) is 36.1 Å². The van der Waals surface area contributed by atoms with Crippen LogP contribution < -0.4 is 10.6 Å². The van der Waals surface area contributed by atoms with Crippen LogP contribution in [0.4, 0.5) is 0 Å². The summed E-state index contributed by atoms with van der Waals surface area (Å²) in [5.74, 6) is 0.803. The van der Waals surface area contributed by atoms with Crippen LogP contribution in [0.5, 0.6) is 0 Å². The van der Waals surface area contributed by atoms with E-state index in [1.807, 2.05) is 36.0 Å². The Hall–Kier alpha value is -3.12. The largest absolute Gasteiger partial charge is 0.377 e. The van der Waals surface area contributed by atoms with E-state index in [0.717, 1.165) is 19.0 Å². The first-order valence-corrected chi connectivity index (χ1v) is 10.5. The van der Waals surface area contributed by atoms with E-state index in [2.05, 4.69) is 59.1 Å². The van der Waals surface area contributed by atoms with Crippen LogP contribution in [-0.4, -0.2) is 28.9 Å². The van der Waals surface area contributed by atoms with Gasteiger partial charge in [-0.1, -0.05) is 48.5 Å². The zero-order valence-corrected chi connectivity index (χ0v) is 17.8. The van der Waals surface area contributed by atoms with Gasteiger partial charge in [0, 0.05) is 32.1 Å². The molecule has 0 aliphatic carbocycles. The minimum absolute atomic E-state index is 0.605. The summed E-state index contributed by atoms with van der Waals surface area (Å²) in [6.45, 7) is 8.28. The number of benzene rings is 2. The Morgan fingerprint density at radius 1 is 0.933 bits per heavy atom. The Morgan fingerprint density at radius 3 is 2.37 bits per heavy atom. The van der Waals surface area contributed by atoms with Crippen molar-refractivity contribution in [3.05, 3.63) is 89.2 Å². The smallest absolute Gasteiger partial charge is 0.191 e. The van der Waals surface area contributed by atoms with Crippen LogP contribution in [0.2, 0.25) is 0 Å². The summed E-state index contributed by atoms with van der Waals surface area (Å²) in [6.07, 6.45) is 3.79. The highest BCUT2D eigenvalue weighted by atomic mass is 16.5. The highest BCUT2D eigenvalue weighted by molar-refractivity contribution is 5.79. The number of rotatable bonds is 10. The van der Waals surface area contributed by atoms with Crippen LogP contribution in [0.25, 0.3) is 0 Å². The molecule has 3 rings (SSSR count). The summed E-state index contributed by atoms with van der Waals surface area (Å²) in [5.41, 5.74) is 4.84. The summed E-state index contributed by atoms with van der Waals surface area (Å²) < 4.78 is 7.53. The van der Waals surface area contributed by atoms with Gasteiger partial charge in [-0.25, -0.2) is 4.99 Å². The summed E-state index contributed by atoms with van der Waals surface area (Å²) >= 11 is 0. The van der Waals surface area contributed by atoms with Gasteiger partial charge in [0.25, 0.3) is 0 Å². The lowest BCUT2D eigenvalue weighted by Gasteiger charge is -2.15. The van der Waals surface area contributed by atoms with Gasteiger partial charge in [0.2, 0.25) is 0 Å². The Kier molecular flexibility index (Phi) is 8.47. The molecule has 0 atom stereocenters. The van der Waals surface area contributed by atoms with E-state index in [0.29, 0.717) is 26.3 Å². The van der Waals surface area contributed by atoms with E-state index in [-0.39, 0.29) is 0 Å². The van der Waals surface area contributed by atoms with Crippen LogP contribution in [0.3, 0.4) is 0 Å². The zero-order valence-electron chi connectivity index (χ0n) is 17.8. The molecule has 0 bridgehead atoms. The summed E-state index contributed by atoms with van der Waals surface area (Å²) in [4.78, 5) is 4.79. The molecule has 158 valence electrons. The minimum Gasteiger partial charge on any atom is -0.377 e. The van der Waals surface area contributed by atoms with E-state index in [1.54, 1.807) is 6.20 Å². The molecule has 0 unspecified atom stereocenters. The lowest BCUT2D eigenvalue weighted by atomic mass is 10.1. The molecular formula is C24H31N5O. The maximum Gasteiger partial charge on any atom is 0.191 e. The van der Waals surface area contributed by atoms with Gasteiger partial charge < -0.3 is 15.4 Å². The van der Waals surface area contributed by atoms with Gasteiger partial charge in [0.1, 0.15) is 0 Å². The third-order valence-corrected chi connectivity index (χ3v) is 4.79. The van der Waals surface area contributed by atoms with Crippen molar-refractivity contribution in [3.63, 3.8) is 0 Å². The van der Waals surface area contributed by atoms with E-state index < -0.39 is 0 Å². The molecule has 6 heteroatoms. The van der Waals surface area contributed by atoms with Crippen LogP contribution >= 0.6 is 0 Å². The third-order valence-electron chi connectivity index (χ3n) is 4.79. The molecule has 1 aromatic heterocycles. The Balaban J connectivity index is 1.67. The SMILES string of the molecule is CCNC(=NCc1ccccc1COCC)NCc1ccccc1Cn1cccn1. The van der Waals surface area contributed by atoms with Crippen LogP contribution in [0, 0.1) is 0 Å². The molecule has 0 aliphatic rings. The summed E-state index contributed by atoms with van der Waals surface area (Å²) in [5, 5.41) is 11.1. The first-order chi connectivity index (χ1) is 14.8. The Morgan fingerprint density at radius 2 is 1.67 bits per heavy atom. The number of hydrogen-bond acceptors (Lipinski definition) is 3. The first-order valence-electron chi connectivity index (χ1n) is 10.5. The van der Waals surface area contributed by atoms with Crippen molar-refractivity contribution < 1.29 is 4.74 Å². The first kappa shape index (κ1) is 21.6. The predicted molar refractivity (Wildman–Crippen MR) is 121 cm³/mol. The second kappa shape index (κ2) is 11.8. The average molecular weight is 406 g/mol. The van der Waals surface area contributed by atoms with Crippen LogP contribution in [0.15, 0.2) is 72.0 Å². The van der Waals surface area contributed by atoms with E-state index in [1.165, 1.54) is 22.3 Å². The van der Waals surface area contributed by atoms with Crippen molar-refractivity contribution in [1.82, 2.24) is 20.4 Å². The molecule has 0 saturated carbocycles. The maximum atomic E-state index is 5.59. The van der Waals surface area contributed by atoms with Gasteiger partial charge in [-0.3, -0.25) is 4.68 Å². The van der Waals surface area contributed by atoms with Gasteiger partial charge in [-0.15, -0.1) is 0 Å². The van der Waals surface area contributed by atoms with Gasteiger partial charge >= 0.3 is 0 Å². The molecule has 2 aromatic carbocycles. The average Bonchev–Trinajstić information content (AvgIpc) is 3.29. The standard InChI is InChI=1S/C24H31N5O/c1-3-25-24(27-17-21-11-6-8-13-23(21)19-30-4-2)26-16-20-10-5-7-12-22(20)18-29-15-9-14-28-29/h5-15H,3-4,16-19H2,1-2H3,(H2,25,26,27). The van der Waals surface area contributed by atoms with Crippen molar-refractivity contribution >= 4 is 5.96 Å². The van der Waals surface area contributed by atoms with Crippen molar-refractivity contribution in [2.75, 3.05) is 13.2 Å². The van der Waals surface area contributed by atoms with E-state index in [4.69, 9.17) is 9.73 Å². The number of aliphatic imine (C=N–C) groups is 1. The third kappa shape index (κ3) is 6.46. The molecule has 0 radical (unpaired) electrons. The molecule has 0 aliphatic heterocycles. The van der Waals surface area contributed by atoms with Crippen molar-refractivity contribution in [2.24, 2.45) is 4.99 Å². The molecule has 0 fully saturated rings. The monoisotopic (exact) mass is 405 g/mol. The summed E-state index contributed by atoms with van der Waals surface area (Å²) in [6, 6.07) is 18.7. The fraction of sp³-hybridized carbons (Fsp3) is 0.333. The van der Waals surface area contributed by atoms with Gasteiger partial charge in [-0.05, 0) is 42.2 Å². The molecule has 30 heavy (non-hydrogen) atoms. The number of guanidine groups is 1. The maximum absolute atomic E-state index is 5.59. The lowest BCUT2D eigenvalue weighted by Crippen LogP contribution is -2.37. The quantitative estimate of drug-likeness (QED) is 0.399. The topological polar surface area (TPSA) is 63.5 Å². The predicted octanol–water partition coefficient (Wildman–Crippen LogP) is 3.72. The highest BCUT2D eigenvalue weighted by Crippen LogP contribution is 2.12. The second-order valence-electron chi connectivity index (χ2n) is 6.93. The summed E-state index contributed by atoms with van der Waals surface area (Å²) in [7, 11) is 0. The van der Waals surface area contributed by atoms with Crippen molar-refractivity contribution in [2.45, 2.75) is 40.1 Å². The molecule has 2 N–H and O–H groups in total. The molecule has 0 saturated heterocycles. The Labute approximate surface area is 179 Å². The minimum atomic E-state index is 0.605. The molecule has 1 heterocycles. The second-order valence-corrected chi connectivity index (χ2v) is 6.93. The van der Waals surface area contributed by atoms with Crippen molar-refractivity contribution in [1.29, 1.82) is 0 Å². The normalized spacial score (nSPS) is 11.5. The lowest BCUT2D eigenvalue weighted by molar-refractivity contribution is 0.133. The van der Waals surface area contributed by atoms with Gasteiger partial charge in [0.05, 0.1) is 19.7 Å². The number of nitrogens with zero attached hydrogens (tertiary/aromatic N) is 3. The molecular weight excluding hydrogens is 374 g/mol. The highest BCUT2D eigenvalue weighted by Gasteiger charge is 2.06. The van der Waals surface area contributed by atoms with Gasteiger partial charge in [0.15, 0.2) is 5.96 Å². The fourth-order valence-electron chi connectivity index (χ4n) is 3.20. The molecule has 6 nitrogen and oxygen atoms in total. The number of aromatic nitrogens is 2. The van der Waals surface area contributed by atoms with E-state index in [9.17, 15) is 0 Å². The number of nitrogens with one attached hydrogen (secondary N) is 2. The Bertz CT molecular complexity index is 921. The fourth-order valence-corrected chi connectivity index (χ4v) is 3.20. The zero-order chi connectivity index (χ0) is 21.0. The van der Waals surface area contributed by atoms with Crippen LogP contribution in [-0.2, 0) is 31.0 Å². The molecule has 0 amide bonds.